The van der Waals surface area contributed by atoms with Crippen molar-refractivity contribution in [3.8, 4) is 0 Å². The number of carbonyl (C=O) groups is 2. The first-order valence-corrected chi connectivity index (χ1v) is 6.73. The number of aromatic amines is 1. The second-order valence-corrected chi connectivity index (χ2v) is 5.17. The van der Waals surface area contributed by atoms with E-state index in [2.05, 4.69) is 10.3 Å². The van der Waals surface area contributed by atoms with Crippen molar-refractivity contribution < 1.29 is 9.59 Å². The number of hydrogen-bond acceptors (Lipinski definition) is 3. The molecule has 20 heavy (non-hydrogen) atoms. The molecule has 1 unspecified atom stereocenters. The largest absolute Gasteiger partial charge is 0.352 e. The fraction of sp³-hybridized carbons (Fsp3) is 0.500. The van der Waals surface area contributed by atoms with Crippen molar-refractivity contribution in [3.05, 3.63) is 33.7 Å². The maximum Gasteiger partial charge on any atom is 0.260 e. The van der Waals surface area contributed by atoms with Crippen LogP contribution < -0.4 is 10.9 Å². The molecule has 1 fully saturated rings. The third kappa shape index (κ3) is 3.26. The second kappa shape index (κ2) is 5.90. The highest BCUT2D eigenvalue weighted by Crippen LogP contribution is 2.12. The van der Waals surface area contributed by atoms with Crippen LogP contribution >= 0.6 is 0 Å². The summed E-state index contributed by atoms with van der Waals surface area (Å²) in [5.74, 6) is -0.376. The Kier molecular flexibility index (Phi) is 4.22. The molecule has 1 aliphatic heterocycles. The molecule has 1 atom stereocenters. The number of H-pyrrole nitrogens is 1. The third-order valence-electron chi connectivity index (χ3n) is 3.40. The average Bonchev–Trinajstić information content (AvgIpc) is 2.37. The number of amides is 2. The van der Waals surface area contributed by atoms with Gasteiger partial charge in [-0.1, -0.05) is 0 Å². The Morgan fingerprint density at radius 3 is 2.80 bits per heavy atom. The summed E-state index contributed by atoms with van der Waals surface area (Å²) >= 11 is 0. The van der Waals surface area contributed by atoms with Gasteiger partial charge in [-0.2, -0.15) is 0 Å². The van der Waals surface area contributed by atoms with Gasteiger partial charge in [-0.15, -0.1) is 0 Å². The van der Waals surface area contributed by atoms with Gasteiger partial charge >= 0.3 is 0 Å². The van der Waals surface area contributed by atoms with Crippen LogP contribution in [0.4, 0.5) is 0 Å². The van der Waals surface area contributed by atoms with E-state index in [9.17, 15) is 14.4 Å². The molecule has 2 heterocycles. The lowest BCUT2D eigenvalue weighted by atomic mass is 10.0. The maximum absolute atomic E-state index is 12.4. The summed E-state index contributed by atoms with van der Waals surface area (Å²) < 4.78 is 0. The number of hydrogen-bond donors (Lipinski definition) is 2. The maximum atomic E-state index is 12.4. The van der Waals surface area contributed by atoms with Crippen LogP contribution in [-0.4, -0.2) is 40.8 Å². The minimum absolute atomic E-state index is 0.0327. The zero-order chi connectivity index (χ0) is 14.7. The standard InChI is InChI=1S/C14H19N3O3/c1-9-5-6-12(13(19)15-9)14(20)17-7-3-4-11(8-17)16-10(2)18/h5-6,11H,3-4,7-8H2,1-2H3,(H,15,19)(H,16,18). The van der Waals surface area contributed by atoms with Gasteiger partial charge in [0, 0.05) is 31.7 Å². The fourth-order valence-corrected chi connectivity index (χ4v) is 2.48. The predicted molar refractivity (Wildman–Crippen MR) is 74.5 cm³/mol. The molecule has 1 aromatic rings. The molecule has 2 rings (SSSR count). The Morgan fingerprint density at radius 2 is 2.15 bits per heavy atom. The molecule has 0 aliphatic carbocycles. The van der Waals surface area contributed by atoms with Gasteiger partial charge in [0.15, 0.2) is 0 Å². The highest BCUT2D eigenvalue weighted by molar-refractivity contribution is 5.94. The van der Waals surface area contributed by atoms with Crippen LogP contribution in [0.1, 0.15) is 35.8 Å². The first-order chi connectivity index (χ1) is 9.47. The summed E-state index contributed by atoms with van der Waals surface area (Å²) in [6, 6.07) is 3.23. The average molecular weight is 277 g/mol. The summed E-state index contributed by atoms with van der Waals surface area (Å²) in [6.45, 7) is 4.29. The Hall–Kier alpha value is -2.11. The second-order valence-electron chi connectivity index (χ2n) is 5.17. The minimum atomic E-state index is -0.364. The van der Waals surface area contributed by atoms with Crippen LogP contribution in [0.25, 0.3) is 0 Å². The number of pyridine rings is 1. The van der Waals surface area contributed by atoms with Gasteiger partial charge in [0.2, 0.25) is 5.91 Å². The van der Waals surface area contributed by atoms with Gasteiger partial charge in [0.25, 0.3) is 11.5 Å². The molecule has 2 amide bonds. The summed E-state index contributed by atoms with van der Waals surface area (Å²) in [5.41, 5.74) is 0.511. The molecule has 1 aliphatic rings. The highest BCUT2D eigenvalue weighted by Gasteiger charge is 2.26. The van der Waals surface area contributed by atoms with Crippen LogP contribution in [0.3, 0.4) is 0 Å². The lowest BCUT2D eigenvalue weighted by molar-refractivity contribution is -0.120. The van der Waals surface area contributed by atoms with E-state index in [1.165, 1.54) is 6.92 Å². The van der Waals surface area contributed by atoms with Crippen LogP contribution in [0, 0.1) is 6.92 Å². The van der Waals surface area contributed by atoms with Crippen molar-refractivity contribution in [1.29, 1.82) is 0 Å². The normalized spacial score (nSPS) is 18.7. The quantitative estimate of drug-likeness (QED) is 0.822. The summed E-state index contributed by atoms with van der Waals surface area (Å²) in [6.07, 6.45) is 1.67. The zero-order valence-corrected chi connectivity index (χ0v) is 11.7. The molecule has 1 aromatic heterocycles. The van der Waals surface area contributed by atoms with Crippen molar-refractivity contribution in [2.24, 2.45) is 0 Å². The van der Waals surface area contributed by atoms with E-state index in [0.717, 1.165) is 18.5 Å². The van der Waals surface area contributed by atoms with E-state index >= 15 is 0 Å². The molecule has 0 aromatic carbocycles. The first-order valence-electron chi connectivity index (χ1n) is 6.73. The van der Waals surface area contributed by atoms with Gasteiger partial charge in [0.1, 0.15) is 5.56 Å². The Labute approximate surface area is 117 Å². The van der Waals surface area contributed by atoms with E-state index in [0.29, 0.717) is 13.1 Å². The molecular weight excluding hydrogens is 258 g/mol. The van der Waals surface area contributed by atoms with Crippen molar-refractivity contribution in [2.75, 3.05) is 13.1 Å². The van der Waals surface area contributed by atoms with Gasteiger partial charge in [-0.3, -0.25) is 14.4 Å². The van der Waals surface area contributed by atoms with Crippen molar-refractivity contribution in [3.63, 3.8) is 0 Å². The number of likely N-dealkylation sites (tertiary alicyclic amines) is 1. The van der Waals surface area contributed by atoms with E-state index in [-0.39, 0.29) is 29.0 Å². The van der Waals surface area contributed by atoms with Gasteiger partial charge in [-0.25, -0.2) is 0 Å². The topological polar surface area (TPSA) is 82.3 Å². The fourth-order valence-electron chi connectivity index (χ4n) is 2.48. The number of piperidine rings is 1. The van der Waals surface area contributed by atoms with E-state index in [1.54, 1.807) is 24.0 Å². The van der Waals surface area contributed by atoms with Crippen LogP contribution in [0.5, 0.6) is 0 Å². The van der Waals surface area contributed by atoms with Gasteiger partial charge < -0.3 is 15.2 Å². The predicted octanol–water partition coefficient (Wildman–Crippen LogP) is 0.424. The number of carbonyl (C=O) groups excluding carboxylic acids is 2. The molecule has 0 saturated carbocycles. The van der Waals surface area contributed by atoms with Crippen molar-refractivity contribution in [1.82, 2.24) is 15.2 Å². The number of rotatable bonds is 2. The SMILES string of the molecule is CC(=O)NC1CCCN(C(=O)c2ccc(C)[nH]c2=O)C1. The summed E-state index contributed by atoms with van der Waals surface area (Å²) in [4.78, 5) is 39.5. The Morgan fingerprint density at radius 1 is 1.40 bits per heavy atom. The Balaban J connectivity index is 2.12. The van der Waals surface area contributed by atoms with E-state index in [4.69, 9.17) is 0 Å². The highest BCUT2D eigenvalue weighted by atomic mass is 16.2. The minimum Gasteiger partial charge on any atom is -0.352 e. The van der Waals surface area contributed by atoms with Crippen LogP contribution in [-0.2, 0) is 4.79 Å². The molecule has 1 saturated heterocycles. The van der Waals surface area contributed by atoms with Crippen molar-refractivity contribution in [2.45, 2.75) is 32.7 Å². The molecule has 2 N–H and O–H groups in total. The summed E-state index contributed by atoms with van der Waals surface area (Å²) in [5, 5.41) is 2.82. The van der Waals surface area contributed by atoms with Crippen molar-refractivity contribution >= 4 is 11.8 Å². The number of aryl methyl sites for hydroxylation is 1. The van der Waals surface area contributed by atoms with Gasteiger partial charge in [0.05, 0.1) is 0 Å². The molecule has 108 valence electrons. The molecule has 0 bridgehead atoms. The molecule has 6 heteroatoms. The van der Waals surface area contributed by atoms with Crippen LogP contribution in [0.15, 0.2) is 16.9 Å². The lowest BCUT2D eigenvalue weighted by Crippen LogP contribution is -2.49. The van der Waals surface area contributed by atoms with Crippen LogP contribution in [0.2, 0.25) is 0 Å². The number of nitrogens with one attached hydrogen (secondary N) is 2. The third-order valence-corrected chi connectivity index (χ3v) is 3.40. The van der Waals surface area contributed by atoms with Gasteiger partial charge in [-0.05, 0) is 31.9 Å². The molecular formula is C14H19N3O3. The molecule has 0 radical (unpaired) electrons. The number of nitrogens with zero attached hydrogens (tertiary/aromatic N) is 1. The summed E-state index contributed by atoms with van der Waals surface area (Å²) in [7, 11) is 0. The smallest absolute Gasteiger partial charge is 0.260 e. The lowest BCUT2D eigenvalue weighted by Gasteiger charge is -2.32. The molecule has 0 spiro atoms. The van der Waals surface area contributed by atoms with E-state index in [1.807, 2.05) is 0 Å². The number of aromatic nitrogens is 1. The molecule has 6 nitrogen and oxygen atoms in total. The zero-order valence-electron chi connectivity index (χ0n) is 11.7. The first kappa shape index (κ1) is 14.3. The van der Waals surface area contributed by atoms with E-state index < -0.39 is 0 Å². The Bertz CT molecular complexity index is 579. The monoisotopic (exact) mass is 277 g/mol.